The van der Waals surface area contributed by atoms with Crippen molar-refractivity contribution >= 4 is 18.0 Å². The van der Waals surface area contributed by atoms with Crippen LogP contribution in [0.25, 0.3) is 0 Å². The number of aliphatic hydroxyl groups excluding tert-OH is 1. The van der Waals surface area contributed by atoms with Crippen LogP contribution in [-0.4, -0.2) is 82.5 Å². The van der Waals surface area contributed by atoms with Crippen LogP contribution in [0.3, 0.4) is 0 Å². The number of amides is 2. The third-order valence-corrected chi connectivity index (χ3v) is 5.20. The smallest absolute Gasteiger partial charge is 0.410 e. The Morgan fingerprint density at radius 3 is 2.45 bits per heavy atom. The van der Waals surface area contributed by atoms with E-state index in [0.717, 1.165) is 5.56 Å². The molecule has 0 bridgehead atoms. The number of likely N-dealkylation sites (tertiary alicyclic amines) is 2. The Labute approximate surface area is 168 Å². The number of β-amino-alcohol motifs (C(OH)–C–C–N with tert-alkyl or cyclic N) is 1. The first-order valence-corrected chi connectivity index (χ1v) is 9.71. The van der Waals surface area contributed by atoms with E-state index in [-0.39, 0.29) is 38.2 Å². The maximum absolute atomic E-state index is 12.9. The average Bonchev–Trinajstić information content (AvgIpc) is 3.13. The highest BCUT2D eigenvalue weighted by atomic mass is 16.6. The van der Waals surface area contributed by atoms with E-state index >= 15 is 0 Å². The quantitative estimate of drug-likeness (QED) is 0.719. The fourth-order valence-corrected chi connectivity index (χ4v) is 3.69. The summed E-state index contributed by atoms with van der Waals surface area (Å²) in [4.78, 5) is 39.0. The normalized spacial score (nSPS) is 22.5. The topological polar surface area (TPSA) is 117 Å². The van der Waals surface area contributed by atoms with Crippen molar-refractivity contribution < 1.29 is 34.1 Å². The van der Waals surface area contributed by atoms with Crippen molar-refractivity contribution in [3.05, 3.63) is 35.9 Å². The summed E-state index contributed by atoms with van der Waals surface area (Å²) >= 11 is 0. The molecule has 2 saturated heterocycles. The molecule has 2 amide bonds. The summed E-state index contributed by atoms with van der Waals surface area (Å²) in [5, 5.41) is 18.7. The molecule has 2 atom stereocenters. The van der Waals surface area contributed by atoms with Crippen molar-refractivity contribution in [3.63, 3.8) is 0 Å². The van der Waals surface area contributed by atoms with Gasteiger partial charge in [0.2, 0.25) is 5.91 Å². The van der Waals surface area contributed by atoms with E-state index in [1.165, 1.54) is 4.90 Å². The Bertz CT molecular complexity index is 719. The monoisotopic (exact) mass is 406 g/mol. The Morgan fingerprint density at radius 1 is 1.10 bits per heavy atom. The summed E-state index contributed by atoms with van der Waals surface area (Å²) in [6, 6.07) is 8.48. The lowest BCUT2D eigenvalue weighted by molar-refractivity contribution is -0.147. The number of benzene rings is 1. The molecule has 0 spiro atoms. The Hall–Kier alpha value is -2.65. The zero-order valence-electron chi connectivity index (χ0n) is 16.1. The highest BCUT2D eigenvalue weighted by Gasteiger charge is 2.42. The van der Waals surface area contributed by atoms with Gasteiger partial charge in [-0.3, -0.25) is 9.69 Å². The molecule has 2 aliphatic rings. The Balaban J connectivity index is 1.53. The van der Waals surface area contributed by atoms with E-state index in [0.29, 0.717) is 25.9 Å². The molecule has 0 unspecified atom stereocenters. The maximum atomic E-state index is 12.9. The minimum Gasteiger partial charge on any atom is -0.480 e. The number of rotatable bonds is 6. The predicted octanol–water partition coefficient (Wildman–Crippen LogP) is 0.851. The van der Waals surface area contributed by atoms with E-state index in [2.05, 4.69) is 0 Å². The molecule has 2 heterocycles. The maximum Gasteiger partial charge on any atom is 0.410 e. The van der Waals surface area contributed by atoms with Gasteiger partial charge in [0.25, 0.3) is 0 Å². The van der Waals surface area contributed by atoms with Gasteiger partial charge >= 0.3 is 12.1 Å². The molecule has 158 valence electrons. The van der Waals surface area contributed by atoms with Crippen LogP contribution in [-0.2, 0) is 25.7 Å². The molecule has 3 rings (SSSR count). The van der Waals surface area contributed by atoms with Crippen molar-refractivity contribution in [2.45, 2.75) is 44.1 Å². The standard InChI is InChI=1S/C20H26N2O7/c23-15-10-17(19(26)21-8-6-16(7-9-21)28-13-18(24)25)22(11-15)20(27)29-12-14-4-2-1-3-5-14/h1-5,15-17,23H,6-13H2,(H,24,25)/t15-,17-/m1/s1. The third-order valence-electron chi connectivity index (χ3n) is 5.20. The SMILES string of the molecule is O=C(O)COC1CCN(C(=O)[C@H]2C[C@@H](O)CN2C(=O)OCc2ccccc2)CC1. The van der Waals surface area contributed by atoms with Gasteiger partial charge in [-0.15, -0.1) is 0 Å². The number of hydrogen-bond acceptors (Lipinski definition) is 6. The lowest BCUT2D eigenvalue weighted by Gasteiger charge is -2.34. The zero-order valence-corrected chi connectivity index (χ0v) is 16.1. The van der Waals surface area contributed by atoms with E-state index < -0.39 is 24.2 Å². The first-order valence-electron chi connectivity index (χ1n) is 9.71. The number of nitrogens with zero attached hydrogens (tertiary/aromatic N) is 2. The second kappa shape index (κ2) is 9.71. The van der Waals surface area contributed by atoms with E-state index in [1.54, 1.807) is 4.90 Å². The number of ether oxygens (including phenoxy) is 2. The van der Waals surface area contributed by atoms with Crippen molar-refractivity contribution in [1.82, 2.24) is 9.80 Å². The van der Waals surface area contributed by atoms with Crippen LogP contribution in [0.2, 0.25) is 0 Å². The first-order chi connectivity index (χ1) is 13.9. The molecule has 0 radical (unpaired) electrons. The zero-order chi connectivity index (χ0) is 20.8. The van der Waals surface area contributed by atoms with Gasteiger partial charge in [0.05, 0.1) is 18.8 Å². The summed E-state index contributed by atoms with van der Waals surface area (Å²) < 4.78 is 10.6. The number of carboxylic acid groups (broad SMARTS) is 1. The number of piperidine rings is 1. The summed E-state index contributed by atoms with van der Waals surface area (Å²) in [5.74, 6) is -1.25. The second-order valence-corrected chi connectivity index (χ2v) is 7.33. The van der Waals surface area contributed by atoms with Crippen LogP contribution in [0.1, 0.15) is 24.8 Å². The molecule has 2 fully saturated rings. The van der Waals surface area contributed by atoms with Crippen LogP contribution >= 0.6 is 0 Å². The molecule has 1 aromatic carbocycles. The Morgan fingerprint density at radius 2 is 1.79 bits per heavy atom. The lowest BCUT2D eigenvalue weighted by atomic mass is 10.1. The number of hydrogen-bond donors (Lipinski definition) is 2. The number of carbonyl (C=O) groups excluding carboxylic acids is 2. The fourth-order valence-electron chi connectivity index (χ4n) is 3.69. The molecular weight excluding hydrogens is 380 g/mol. The second-order valence-electron chi connectivity index (χ2n) is 7.33. The van der Waals surface area contributed by atoms with Crippen LogP contribution < -0.4 is 0 Å². The number of aliphatic carboxylic acids is 1. The number of aliphatic hydroxyl groups is 1. The van der Waals surface area contributed by atoms with Crippen LogP contribution in [0.15, 0.2) is 30.3 Å². The van der Waals surface area contributed by atoms with Crippen LogP contribution in [0.5, 0.6) is 0 Å². The molecular formula is C20H26N2O7. The van der Waals surface area contributed by atoms with Gasteiger partial charge < -0.3 is 24.6 Å². The molecule has 2 aliphatic heterocycles. The summed E-state index contributed by atoms with van der Waals surface area (Å²) in [6.45, 7) is 0.640. The molecule has 0 saturated carbocycles. The summed E-state index contributed by atoms with van der Waals surface area (Å²) in [7, 11) is 0. The molecule has 9 heteroatoms. The van der Waals surface area contributed by atoms with Gasteiger partial charge in [0.1, 0.15) is 19.3 Å². The largest absolute Gasteiger partial charge is 0.480 e. The van der Waals surface area contributed by atoms with Gasteiger partial charge in [-0.1, -0.05) is 30.3 Å². The van der Waals surface area contributed by atoms with E-state index in [1.807, 2.05) is 30.3 Å². The van der Waals surface area contributed by atoms with Crippen LogP contribution in [0.4, 0.5) is 4.79 Å². The highest BCUT2D eigenvalue weighted by Crippen LogP contribution is 2.24. The molecule has 0 aliphatic carbocycles. The minimum absolute atomic E-state index is 0.0578. The molecule has 2 N–H and O–H groups in total. The first kappa shape index (κ1) is 21.1. The predicted molar refractivity (Wildman–Crippen MR) is 101 cm³/mol. The van der Waals surface area contributed by atoms with Gasteiger partial charge in [0, 0.05) is 19.5 Å². The fraction of sp³-hybridized carbons (Fsp3) is 0.550. The third kappa shape index (κ3) is 5.68. The molecule has 1 aromatic rings. The number of carboxylic acids is 1. The molecule has 9 nitrogen and oxygen atoms in total. The van der Waals surface area contributed by atoms with Crippen LogP contribution in [0, 0.1) is 0 Å². The summed E-state index contributed by atoms with van der Waals surface area (Å²) in [5.41, 5.74) is 0.840. The molecule has 0 aromatic heterocycles. The van der Waals surface area contributed by atoms with Crippen molar-refractivity contribution in [2.75, 3.05) is 26.2 Å². The minimum atomic E-state index is -1.02. The van der Waals surface area contributed by atoms with Gasteiger partial charge in [-0.25, -0.2) is 9.59 Å². The highest BCUT2D eigenvalue weighted by molar-refractivity contribution is 5.86. The lowest BCUT2D eigenvalue weighted by Crippen LogP contribution is -2.50. The van der Waals surface area contributed by atoms with Crippen molar-refractivity contribution in [3.8, 4) is 0 Å². The van der Waals surface area contributed by atoms with E-state index in [4.69, 9.17) is 14.6 Å². The van der Waals surface area contributed by atoms with E-state index in [9.17, 15) is 19.5 Å². The Kier molecular flexibility index (Phi) is 7.05. The van der Waals surface area contributed by atoms with Gasteiger partial charge in [-0.2, -0.15) is 0 Å². The number of carbonyl (C=O) groups is 3. The van der Waals surface area contributed by atoms with Crippen molar-refractivity contribution in [2.24, 2.45) is 0 Å². The van der Waals surface area contributed by atoms with Gasteiger partial charge in [0.15, 0.2) is 0 Å². The molecule has 29 heavy (non-hydrogen) atoms. The summed E-state index contributed by atoms with van der Waals surface area (Å²) in [6.07, 6.45) is -0.349. The van der Waals surface area contributed by atoms with Crippen molar-refractivity contribution in [1.29, 1.82) is 0 Å². The average molecular weight is 406 g/mol. The van der Waals surface area contributed by atoms with Gasteiger partial charge in [-0.05, 0) is 18.4 Å².